The maximum atomic E-state index is 5.33. The molecule has 0 fully saturated rings. The lowest BCUT2D eigenvalue weighted by Crippen LogP contribution is -1.99. The first kappa shape index (κ1) is 11.4. The third-order valence-electron chi connectivity index (χ3n) is 2.68. The first-order valence-electron chi connectivity index (χ1n) is 5.69. The number of rotatable bonds is 3. The predicted molar refractivity (Wildman–Crippen MR) is 68.0 cm³/mol. The molecule has 0 saturated carbocycles. The summed E-state index contributed by atoms with van der Waals surface area (Å²) in [6.07, 6.45) is 5.08. The van der Waals surface area contributed by atoms with Crippen molar-refractivity contribution in [3.63, 3.8) is 0 Å². The van der Waals surface area contributed by atoms with Crippen molar-refractivity contribution in [3.8, 4) is 23.1 Å². The second-order valence-corrected chi connectivity index (χ2v) is 3.98. The van der Waals surface area contributed by atoms with Gasteiger partial charge in [-0.05, 0) is 19.1 Å². The lowest BCUT2D eigenvalue weighted by Gasteiger charge is -2.08. The van der Waals surface area contributed by atoms with Crippen molar-refractivity contribution < 1.29 is 4.74 Å². The van der Waals surface area contributed by atoms with Gasteiger partial charge >= 0.3 is 0 Å². The minimum atomic E-state index is 0.506. The van der Waals surface area contributed by atoms with E-state index in [0.29, 0.717) is 17.4 Å². The minimum absolute atomic E-state index is 0.506. The number of aryl methyl sites for hydroxylation is 1. The van der Waals surface area contributed by atoms with E-state index in [1.165, 1.54) is 6.33 Å². The van der Waals surface area contributed by atoms with E-state index in [-0.39, 0.29) is 0 Å². The number of imidazole rings is 1. The third-order valence-corrected chi connectivity index (χ3v) is 2.68. The van der Waals surface area contributed by atoms with Crippen LogP contribution in [0.2, 0.25) is 0 Å². The Labute approximate surface area is 109 Å². The first-order valence-corrected chi connectivity index (χ1v) is 5.69. The Bertz CT molecular complexity index is 688. The van der Waals surface area contributed by atoms with Crippen LogP contribution in [0.3, 0.4) is 0 Å². The van der Waals surface area contributed by atoms with Gasteiger partial charge in [-0.1, -0.05) is 0 Å². The van der Waals surface area contributed by atoms with Gasteiger partial charge in [-0.3, -0.25) is 5.10 Å². The van der Waals surface area contributed by atoms with Crippen LogP contribution in [-0.2, 0) is 0 Å². The molecule has 3 aromatic rings. The molecule has 0 aliphatic heterocycles. The predicted octanol–water partition coefficient (Wildman–Crippen LogP) is 1.37. The second-order valence-electron chi connectivity index (χ2n) is 3.98. The lowest BCUT2D eigenvalue weighted by atomic mass is 10.3. The van der Waals surface area contributed by atoms with E-state index in [1.807, 2.05) is 29.8 Å². The van der Waals surface area contributed by atoms with Gasteiger partial charge in [-0.25, -0.2) is 15.0 Å². The molecule has 0 unspecified atom stereocenters. The van der Waals surface area contributed by atoms with E-state index in [0.717, 1.165) is 11.4 Å². The van der Waals surface area contributed by atoms with E-state index < -0.39 is 0 Å². The molecule has 7 heteroatoms. The number of methoxy groups -OCH3 is 1. The number of hydrogen-bond acceptors (Lipinski definition) is 5. The highest BCUT2D eigenvalue weighted by Gasteiger charge is 2.11. The fourth-order valence-corrected chi connectivity index (χ4v) is 1.79. The SMILES string of the molecule is COc1nc(-c2ncn[nH]2)ccc1-n1cnc(C)c1. The van der Waals surface area contributed by atoms with Crippen molar-refractivity contribution in [2.24, 2.45) is 0 Å². The molecule has 19 heavy (non-hydrogen) atoms. The monoisotopic (exact) mass is 256 g/mol. The molecule has 7 nitrogen and oxygen atoms in total. The molecule has 0 saturated heterocycles. The lowest BCUT2D eigenvalue weighted by molar-refractivity contribution is 0.396. The van der Waals surface area contributed by atoms with Gasteiger partial charge in [0.2, 0.25) is 5.88 Å². The molecule has 1 N–H and O–H groups in total. The van der Waals surface area contributed by atoms with Crippen molar-refractivity contribution >= 4 is 0 Å². The van der Waals surface area contributed by atoms with Gasteiger partial charge in [0.15, 0.2) is 5.82 Å². The number of H-pyrrole nitrogens is 1. The van der Waals surface area contributed by atoms with Gasteiger partial charge in [0.1, 0.15) is 17.7 Å². The van der Waals surface area contributed by atoms with Gasteiger partial charge in [-0.15, -0.1) is 0 Å². The summed E-state index contributed by atoms with van der Waals surface area (Å²) in [5.41, 5.74) is 2.43. The summed E-state index contributed by atoms with van der Waals surface area (Å²) in [6, 6.07) is 3.76. The fraction of sp³-hybridized carbons (Fsp3) is 0.167. The molecule has 0 spiro atoms. The topological polar surface area (TPSA) is 81.5 Å². The maximum Gasteiger partial charge on any atom is 0.238 e. The van der Waals surface area contributed by atoms with Crippen LogP contribution in [0.4, 0.5) is 0 Å². The number of pyridine rings is 1. The van der Waals surface area contributed by atoms with E-state index in [2.05, 4.69) is 25.1 Å². The molecule has 0 radical (unpaired) electrons. The van der Waals surface area contributed by atoms with E-state index in [9.17, 15) is 0 Å². The Balaban J connectivity index is 2.07. The fourth-order valence-electron chi connectivity index (χ4n) is 1.79. The highest BCUT2D eigenvalue weighted by atomic mass is 16.5. The molecular formula is C12H12N6O. The summed E-state index contributed by atoms with van der Waals surface area (Å²) in [5, 5.41) is 6.58. The van der Waals surface area contributed by atoms with Crippen LogP contribution >= 0.6 is 0 Å². The van der Waals surface area contributed by atoms with Crippen LogP contribution < -0.4 is 4.74 Å². The Morgan fingerprint density at radius 2 is 2.16 bits per heavy atom. The normalized spacial score (nSPS) is 10.6. The van der Waals surface area contributed by atoms with Crippen molar-refractivity contribution in [2.45, 2.75) is 6.92 Å². The van der Waals surface area contributed by atoms with Gasteiger partial charge in [0.25, 0.3) is 0 Å². The molecule has 3 rings (SSSR count). The highest BCUT2D eigenvalue weighted by molar-refractivity contribution is 5.54. The summed E-state index contributed by atoms with van der Waals surface area (Å²) >= 11 is 0. The standard InChI is InChI=1S/C12H12N6O/c1-8-5-18(7-14-8)10-4-3-9(16-12(10)19-2)11-13-6-15-17-11/h3-7H,1-2H3,(H,13,15,17). The van der Waals surface area contributed by atoms with E-state index >= 15 is 0 Å². The zero-order valence-electron chi connectivity index (χ0n) is 10.5. The van der Waals surface area contributed by atoms with Gasteiger partial charge in [-0.2, -0.15) is 5.10 Å². The Kier molecular flexibility index (Phi) is 2.71. The molecule has 0 aliphatic rings. The van der Waals surface area contributed by atoms with Crippen molar-refractivity contribution in [1.82, 2.24) is 29.7 Å². The van der Waals surface area contributed by atoms with Gasteiger partial charge in [0, 0.05) is 6.20 Å². The molecule has 96 valence electrons. The number of hydrogen-bond donors (Lipinski definition) is 1. The zero-order valence-corrected chi connectivity index (χ0v) is 10.5. The number of ether oxygens (including phenoxy) is 1. The first-order chi connectivity index (χ1) is 9.28. The van der Waals surface area contributed by atoms with Crippen LogP contribution in [0.1, 0.15) is 5.69 Å². The Morgan fingerprint density at radius 1 is 1.26 bits per heavy atom. The average Bonchev–Trinajstić information content (AvgIpc) is 3.09. The van der Waals surface area contributed by atoms with Crippen molar-refractivity contribution in [1.29, 1.82) is 0 Å². The molecule has 0 bridgehead atoms. The number of nitrogens with zero attached hydrogens (tertiary/aromatic N) is 5. The summed E-state index contributed by atoms with van der Waals surface area (Å²) in [7, 11) is 1.58. The quantitative estimate of drug-likeness (QED) is 0.765. The Morgan fingerprint density at radius 3 is 2.79 bits per heavy atom. The molecule has 0 amide bonds. The number of nitrogens with one attached hydrogen (secondary N) is 1. The largest absolute Gasteiger partial charge is 0.479 e. The van der Waals surface area contributed by atoms with Gasteiger partial charge < -0.3 is 9.30 Å². The van der Waals surface area contributed by atoms with Crippen LogP contribution in [0.5, 0.6) is 5.88 Å². The maximum absolute atomic E-state index is 5.33. The second kappa shape index (κ2) is 4.52. The average molecular weight is 256 g/mol. The molecule has 3 aromatic heterocycles. The summed E-state index contributed by atoms with van der Waals surface area (Å²) in [6.45, 7) is 1.93. The molecule has 0 aromatic carbocycles. The molecule has 0 atom stereocenters. The van der Waals surface area contributed by atoms with Crippen LogP contribution in [0.25, 0.3) is 17.2 Å². The van der Waals surface area contributed by atoms with Crippen LogP contribution in [-0.4, -0.2) is 36.8 Å². The minimum Gasteiger partial charge on any atom is -0.479 e. The Hall–Kier alpha value is -2.70. The molecule has 0 aliphatic carbocycles. The molecule has 3 heterocycles. The zero-order chi connectivity index (χ0) is 13.2. The smallest absolute Gasteiger partial charge is 0.238 e. The van der Waals surface area contributed by atoms with Crippen LogP contribution in [0, 0.1) is 6.92 Å². The third kappa shape index (κ3) is 2.05. The van der Waals surface area contributed by atoms with Crippen molar-refractivity contribution in [3.05, 3.63) is 36.7 Å². The highest BCUT2D eigenvalue weighted by Crippen LogP contribution is 2.24. The van der Waals surface area contributed by atoms with Crippen molar-refractivity contribution in [2.75, 3.05) is 7.11 Å². The summed E-state index contributed by atoms with van der Waals surface area (Å²) in [5.74, 6) is 1.11. The van der Waals surface area contributed by atoms with E-state index in [1.54, 1.807) is 13.4 Å². The van der Waals surface area contributed by atoms with Crippen LogP contribution in [0.15, 0.2) is 31.0 Å². The van der Waals surface area contributed by atoms with E-state index in [4.69, 9.17) is 4.74 Å². The summed E-state index contributed by atoms with van der Waals surface area (Å²) in [4.78, 5) is 12.7. The van der Waals surface area contributed by atoms with Gasteiger partial charge in [0.05, 0.1) is 19.1 Å². The summed E-state index contributed by atoms with van der Waals surface area (Å²) < 4.78 is 7.19. The number of aromatic amines is 1. The molecular weight excluding hydrogens is 244 g/mol. The number of aromatic nitrogens is 6.